The maximum absolute atomic E-state index is 11.2. The lowest BCUT2D eigenvalue weighted by atomic mass is 10.2. The summed E-state index contributed by atoms with van der Waals surface area (Å²) in [7, 11) is -0.800. The van der Waals surface area contributed by atoms with Crippen molar-refractivity contribution in [3.05, 3.63) is 29.8 Å². The molecule has 22 heavy (non-hydrogen) atoms. The molecule has 0 fully saturated rings. The summed E-state index contributed by atoms with van der Waals surface area (Å²) in [5.74, 6) is 0.744. The van der Waals surface area contributed by atoms with Gasteiger partial charge in [-0.3, -0.25) is 0 Å². The fourth-order valence-electron chi connectivity index (χ4n) is 2.02. The van der Waals surface area contributed by atoms with Gasteiger partial charge in [-0.2, -0.15) is 0 Å². The molecule has 0 bridgehead atoms. The fraction of sp³-hybridized carbons (Fsp3) is 0.571. The third-order valence-electron chi connectivity index (χ3n) is 3.18. The van der Waals surface area contributed by atoms with Gasteiger partial charge in [0.1, 0.15) is 5.75 Å². The number of rotatable bonds is 10. The van der Waals surface area contributed by atoms with Crippen LogP contribution in [0.15, 0.2) is 24.3 Å². The normalized spacial score (nSPS) is 12.4. The van der Waals surface area contributed by atoms with Crippen molar-refractivity contribution in [3.8, 4) is 5.75 Å². The van der Waals surface area contributed by atoms with Gasteiger partial charge in [-0.05, 0) is 24.1 Å². The van der Waals surface area contributed by atoms with Gasteiger partial charge >= 0.3 is 8.80 Å². The highest BCUT2D eigenvalue weighted by molar-refractivity contribution is 7.89. The first-order chi connectivity index (χ1) is 10.3. The Hall–Kier alpha value is -0.933. The highest BCUT2D eigenvalue weighted by Crippen LogP contribution is 2.17. The SMILES string of the molecule is CO[Si](CCCOc1ccc(CS(C)(=O)=O)cc1)(OC)OC. The minimum atomic E-state index is -3.01. The van der Waals surface area contributed by atoms with Crippen LogP contribution in [0.3, 0.4) is 0 Å². The van der Waals surface area contributed by atoms with Gasteiger partial charge in [0.25, 0.3) is 0 Å². The van der Waals surface area contributed by atoms with Gasteiger partial charge < -0.3 is 18.0 Å². The number of ether oxygens (including phenoxy) is 1. The van der Waals surface area contributed by atoms with Crippen LogP contribution >= 0.6 is 0 Å². The minimum absolute atomic E-state index is 0.0386. The summed E-state index contributed by atoms with van der Waals surface area (Å²) >= 11 is 0. The van der Waals surface area contributed by atoms with Crippen LogP contribution in [-0.4, -0.2) is 51.4 Å². The van der Waals surface area contributed by atoms with Crippen molar-refractivity contribution < 1.29 is 26.4 Å². The van der Waals surface area contributed by atoms with E-state index < -0.39 is 18.6 Å². The molecule has 8 heteroatoms. The van der Waals surface area contributed by atoms with Crippen LogP contribution in [0.2, 0.25) is 6.04 Å². The summed E-state index contributed by atoms with van der Waals surface area (Å²) in [6.45, 7) is 0.510. The molecular weight excluding hydrogens is 324 g/mol. The van der Waals surface area contributed by atoms with E-state index in [-0.39, 0.29) is 5.75 Å². The second-order valence-corrected chi connectivity index (χ2v) is 10.2. The van der Waals surface area contributed by atoms with Gasteiger partial charge in [0.05, 0.1) is 12.4 Å². The Bertz CT molecular complexity index is 531. The molecule has 0 saturated carbocycles. The fourth-order valence-corrected chi connectivity index (χ4v) is 4.51. The third kappa shape index (κ3) is 6.45. The van der Waals surface area contributed by atoms with E-state index in [4.69, 9.17) is 18.0 Å². The van der Waals surface area contributed by atoms with Crippen LogP contribution in [0.4, 0.5) is 0 Å². The molecule has 0 saturated heterocycles. The van der Waals surface area contributed by atoms with Crippen molar-refractivity contribution in [3.63, 3.8) is 0 Å². The van der Waals surface area contributed by atoms with E-state index in [0.29, 0.717) is 18.4 Å². The Morgan fingerprint density at radius 1 is 1.00 bits per heavy atom. The lowest BCUT2D eigenvalue weighted by Gasteiger charge is -2.24. The largest absolute Gasteiger partial charge is 0.500 e. The van der Waals surface area contributed by atoms with Gasteiger partial charge in [-0.25, -0.2) is 8.42 Å². The lowest BCUT2D eigenvalue weighted by Crippen LogP contribution is -2.42. The summed E-state index contributed by atoms with van der Waals surface area (Å²) in [6.07, 6.45) is 1.96. The van der Waals surface area contributed by atoms with Gasteiger partial charge in [-0.1, -0.05) is 12.1 Å². The van der Waals surface area contributed by atoms with Crippen LogP contribution in [0, 0.1) is 0 Å². The number of benzene rings is 1. The Balaban J connectivity index is 2.43. The van der Waals surface area contributed by atoms with E-state index in [1.807, 2.05) is 0 Å². The maximum Gasteiger partial charge on any atom is 0.500 e. The first-order valence-corrected chi connectivity index (χ1v) is 10.9. The zero-order chi connectivity index (χ0) is 16.6. The van der Waals surface area contributed by atoms with E-state index >= 15 is 0 Å². The molecule has 126 valence electrons. The van der Waals surface area contributed by atoms with Crippen LogP contribution in [0.25, 0.3) is 0 Å². The van der Waals surface area contributed by atoms with E-state index in [0.717, 1.165) is 12.0 Å². The molecule has 0 aliphatic rings. The molecule has 0 spiro atoms. The Morgan fingerprint density at radius 3 is 2.00 bits per heavy atom. The summed E-state index contributed by atoms with van der Waals surface area (Å²) < 4.78 is 44.1. The van der Waals surface area contributed by atoms with Crippen molar-refractivity contribution in [2.75, 3.05) is 34.2 Å². The summed E-state index contributed by atoms with van der Waals surface area (Å²) in [4.78, 5) is 0. The average molecular weight is 348 g/mol. The van der Waals surface area contributed by atoms with Crippen LogP contribution < -0.4 is 4.74 Å². The molecular formula is C14H24O6SSi. The number of hydrogen-bond acceptors (Lipinski definition) is 6. The van der Waals surface area contributed by atoms with E-state index in [2.05, 4.69) is 0 Å². The standard InChI is InChI=1S/C14H24O6SSi/c1-17-22(18-2,19-3)11-5-10-20-14-8-6-13(7-9-14)12-21(4,15)16/h6-9H,5,10-12H2,1-4H3. The molecule has 1 rings (SSSR count). The quantitative estimate of drug-likeness (QED) is 0.475. The van der Waals surface area contributed by atoms with Gasteiger partial charge in [0.2, 0.25) is 0 Å². The number of hydrogen-bond donors (Lipinski definition) is 0. The molecule has 6 nitrogen and oxygen atoms in total. The molecule has 0 aromatic heterocycles. The Morgan fingerprint density at radius 2 is 1.55 bits per heavy atom. The predicted octanol–water partition coefficient (Wildman–Crippen LogP) is 1.88. The van der Waals surface area contributed by atoms with E-state index in [1.54, 1.807) is 45.6 Å². The van der Waals surface area contributed by atoms with E-state index in [1.165, 1.54) is 6.26 Å². The Labute approximate surface area is 133 Å². The molecule has 0 aliphatic heterocycles. The first-order valence-electron chi connectivity index (χ1n) is 6.89. The van der Waals surface area contributed by atoms with Crippen molar-refractivity contribution in [2.45, 2.75) is 18.2 Å². The monoisotopic (exact) mass is 348 g/mol. The summed E-state index contributed by atoms with van der Waals surface area (Å²) in [5, 5.41) is 0. The van der Waals surface area contributed by atoms with Crippen LogP contribution in [0.5, 0.6) is 5.75 Å². The zero-order valence-corrected chi connectivity index (χ0v) is 15.3. The molecule has 0 heterocycles. The molecule has 0 aliphatic carbocycles. The lowest BCUT2D eigenvalue weighted by molar-refractivity contribution is 0.121. The zero-order valence-electron chi connectivity index (χ0n) is 13.5. The van der Waals surface area contributed by atoms with Gasteiger partial charge in [0, 0.05) is 33.6 Å². The van der Waals surface area contributed by atoms with Crippen molar-refractivity contribution >= 4 is 18.6 Å². The number of sulfone groups is 1. The minimum Gasteiger partial charge on any atom is -0.494 e. The van der Waals surface area contributed by atoms with Crippen molar-refractivity contribution in [2.24, 2.45) is 0 Å². The molecule has 0 N–H and O–H groups in total. The second kappa shape index (κ2) is 8.63. The molecule has 1 aromatic rings. The molecule has 1 aromatic carbocycles. The van der Waals surface area contributed by atoms with Gasteiger partial charge in [0.15, 0.2) is 9.84 Å². The predicted molar refractivity (Wildman–Crippen MR) is 86.7 cm³/mol. The molecule has 0 radical (unpaired) electrons. The van der Waals surface area contributed by atoms with Crippen molar-refractivity contribution in [1.29, 1.82) is 0 Å². The molecule has 0 amide bonds. The average Bonchev–Trinajstić information content (AvgIpc) is 2.48. The smallest absolute Gasteiger partial charge is 0.494 e. The highest BCUT2D eigenvalue weighted by Gasteiger charge is 2.36. The highest BCUT2D eigenvalue weighted by atomic mass is 32.2. The van der Waals surface area contributed by atoms with Crippen LogP contribution in [-0.2, 0) is 28.9 Å². The van der Waals surface area contributed by atoms with Crippen LogP contribution in [0.1, 0.15) is 12.0 Å². The molecule has 0 unspecified atom stereocenters. The Kier molecular flexibility index (Phi) is 7.50. The maximum atomic E-state index is 11.2. The van der Waals surface area contributed by atoms with Crippen molar-refractivity contribution in [1.82, 2.24) is 0 Å². The van der Waals surface area contributed by atoms with Gasteiger partial charge in [-0.15, -0.1) is 0 Å². The van der Waals surface area contributed by atoms with E-state index in [9.17, 15) is 8.42 Å². The third-order valence-corrected chi connectivity index (χ3v) is 6.87. The summed E-state index contributed by atoms with van der Waals surface area (Å²) in [5.41, 5.74) is 0.749. The first kappa shape index (κ1) is 19.1. The summed E-state index contributed by atoms with van der Waals surface area (Å²) in [6, 6.07) is 7.73. The topological polar surface area (TPSA) is 71.1 Å². The molecule has 0 atom stereocenters. The second-order valence-electron chi connectivity index (χ2n) is 4.96.